The van der Waals surface area contributed by atoms with Crippen molar-refractivity contribution in [2.75, 3.05) is 0 Å². The molecular weight excluding hydrogens is 330 g/mol. The molecule has 0 spiro atoms. The maximum absolute atomic E-state index is 11.2. The van der Waals surface area contributed by atoms with Crippen molar-refractivity contribution in [1.82, 2.24) is 15.1 Å². The van der Waals surface area contributed by atoms with Crippen molar-refractivity contribution in [3.05, 3.63) is 64.8 Å². The molecule has 4 aromatic rings. The second-order valence-electron chi connectivity index (χ2n) is 6.87. The molecule has 1 fully saturated rings. The van der Waals surface area contributed by atoms with Gasteiger partial charge in [0, 0.05) is 22.7 Å². The second kappa shape index (κ2) is 5.44. The summed E-state index contributed by atoms with van der Waals surface area (Å²) >= 11 is 0. The summed E-state index contributed by atoms with van der Waals surface area (Å²) in [5.41, 5.74) is 4.20. The van der Waals surface area contributed by atoms with Crippen LogP contribution in [0.5, 0.6) is 0 Å². The molecule has 6 nitrogen and oxygen atoms in total. The van der Waals surface area contributed by atoms with Gasteiger partial charge in [-0.25, -0.2) is 4.79 Å². The number of aromatic nitrogens is 3. The lowest BCUT2D eigenvalue weighted by molar-refractivity contribution is -0.0387. The minimum Gasteiger partial charge on any atom is -0.385 e. The van der Waals surface area contributed by atoms with Crippen LogP contribution in [0.2, 0.25) is 0 Å². The minimum atomic E-state index is -0.644. The smallest absolute Gasteiger partial charge is 0.385 e. The lowest BCUT2D eigenvalue weighted by Crippen LogP contribution is -2.33. The Hall–Kier alpha value is -3.12. The van der Waals surface area contributed by atoms with Gasteiger partial charge in [0.1, 0.15) is 0 Å². The van der Waals surface area contributed by atoms with E-state index < -0.39 is 11.4 Å². The Labute approximate surface area is 148 Å². The summed E-state index contributed by atoms with van der Waals surface area (Å²) < 4.78 is 4.61. The van der Waals surface area contributed by atoms with Crippen LogP contribution in [0, 0.1) is 0 Å². The van der Waals surface area contributed by atoms with E-state index in [1.165, 1.54) is 0 Å². The fraction of sp³-hybridized carbons (Fsp3) is 0.200. The van der Waals surface area contributed by atoms with Gasteiger partial charge in [-0.3, -0.25) is 9.51 Å². The van der Waals surface area contributed by atoms with Crippen LogP contribution < -0.4 is 5.76 Å². The summed E-state index contributed by atoms with van der Waals surface area (Å²) in [6.45, 7) is 0. The molecule has 26 heavy (non-hydrogen) atoms. The number of aromatic amines is 2. The Kier molecular flexibility index (Phi) is 3.17. The predicted molar refractivity (Wildman–Crippen MR) is 97.6 cm³/mol. The van der Waals surface area contributed by atoms with Gasteiger partial charge in [0.05, 0.1) is 5.60 Å². The minimum absolute atomic E-state index is 0.404. The molecule has 2 aromatic heterocycles. The Morgan fingerprint density at radius 1 is 1.08 bits per heavy atom. The Morgan fingerprint density at radius 2 is 1.85 bits per heavy atom. The van der Waals surface area contributed by atoms with E-state index in [4.69, 9.17) is 0 Å². The molecule has 5 rings (SSSR count). The first-order valence-corrected chi connectivity index (χ1v) is 8.63. The van der Waals surface area contributed by atoms with Crippen LogP contribution in [-0.4, -0.2) is 20.2 Å². The molecule has 130 valence electrons. The Bertz CT molecular complexity index is 1150. The zero-order chi connectivity index (χ0) is 17.7. The van der Waals surface area contributed by atoms with Crippen LogP contribution in [-0.2, 0) is 5.60 Å². The third-order valence-electron chi connectivity index (χ3n) is 5.31. The van der Waals surface area contributed by atoms with Crippen LogP contribution in [0.4, 0.5) is 0 Å². The molecule has 0 saturated heterocycles. The Morgan fingerprint density at radius 3 is 2.50 bits per heavy atom. The van der Waals surface area contributed by atoms with Crippen molar-refractivity contribution in [2.24, 2.45) is 0 Å². The monoisotopic (exact) mass is 347 g/mol. The second-order valence-corrected chi connectivity index (χ2v) is 6.87. The highest BCUT2D eigenvalue weighted by atomic mass is 16.5. The van der Waals surface area contributed by atoms with Crippen molar-refractivity contribution in [3.63, 3.8) is 0 Å². The third kappa shape index (κ3) is 2.30. The van der Waals surface area contributed by atoms with Gasteiger partial charge in [-0.2, -0.15) is 0 Å². The maximum Gasteiger partial charge on any atom is 0.439 e. The lowest BCUT2D eigenvalue weighted by atomic mass is 9.75. The largest absolute Gasteiger partial charge is 0.439 e. The van der Waals surface area contributed by atoms with E-state index in [9.17, 15) is 9.90 Å². The SMILES string of the molecule is O=c1[nH]c(-c2c[nH]c3ccc(-c4ccc(C5(O)CCC5)cc4)cc23)no1. The average Bonchev–Trinajstić information content (AvgIpc) is 3.25. The molecule has 1 aliphatic rings. The molecule has 0 radical (unpaired) electrons. The van der Waals surface area contributed by atoms with Gasteiger partial charge in [-0.15, -0.1) is 0 Å². The van der Waals surface area contributed by atoms with Crippen molar-refractivity contribution in [2.45, 2.75) is 24.9 Å². The normalized spacial score (nSPS) is 15.9. The van der Waals surface area contributed by atoms with Gasteiger partial charge >= 0.3 is 5.76 Å². The molecule has 1 aliphatic carbocycles. The molecule has 0 bridgehead atoms. The summed E-state index contributed by atoms with van der Waals surface area (Å²) in [6, 6.07) is 14.2. The summed E-state index contributed by atoms with van der Waals surface area (Å²) in [6.07, 6.45) is 4.55. The molecule has 0 unspecified atom stereocenters. The zero-order valence-electron chi connectivity index (χ0n) is 14.0. The summed E-state index contributed by atoms with van der Waals surface area (Å²) in [7, 11) is 0. The highest BCUT2D eigenvalue weighted by Crippen LogP contribution is 2.41. The van der Waals surface area contributed by atoms with E-state index in [0.29, 0.717) is 5.82 Å². The maximum atomic E-state index is 11.2. The zero-order valence-corrected chi connectivity index (χ0v) is 14.0. The van der Waals surface area contributed by atoms with E-state index in [1.54, 1.807) is 6.20 Å². The molecule has 2 aromatic carbocycles. The molecule has 2 heterocycles. The fourth-order valence-corrected chi connectivity index (χ4v) is 3.62. The van der Waals surface area contributed by atoms with E-state index >= 15 is 0 Å². The van der Waals surface area contributed by atoms with Gasteiger partial charge in [-0.05, 0) is 48.1 Å². The number of H-pyrrole nitrogens is 2. The first kappa shape index (κ1) is 15.2. The van der Waals surface area contributed by atoms with Gasteiger partial charge in [0.25, 0.3) is 0 Å². The molecule has 0 aliphatic heterocycles. The molecule has 0 amide bonds. The predicted octanol–water partition coefficient (Wildman–Crippen LogP) is 3.55. The highest BCUT2D eigenvalue weighted by Gasteiger charge is 2.35. The van der Waals surface area contributed by atoms with Crippen molar-refractivity contribution in [3.8, 4) is 22.5 Å². The van der Waals surface area contributed by atoms with Gasteiger partial charge in [0.15, 0.2) is 5.82 Å². The lowest BCUT2D eigenvalue weighted by Gasteiger charge is -2.37. The van der Waals surface area contributed by atoms with Crippen LogP contribution >= 0.6 is 0 Å². The molecule has 3 N–H and O–H groups in total. The number of rotatable bonds is 3. The van der Waals surface area contributed by atoms with Crippen molar-refractivity contribution < 1.29 is 9.63 Å². The number of aliphatic hydroxyl groups is 1. The summed E-state index contributed by atoms with van der Waals surface area (Å²) in [4.78, 5) is 17.0. The van der Waals surface area contributed by atoms with E-state index in [0.717, 1.165) is 52.4 Å². The standard InChI is InChI=1S/C20H17N3O3/c24-19-22-18(23-26-19)16-11-21-17-7-4-13(10-15(16)17)12-2-5-14(6-3-12)20(25)8-1-9-20/h2-7,10-11,21,25H,1,8-9H2,(H,22,23,24). The van der Waals surface area contributed by atoms with Crippen molar-refractivity contribution in [1.29, 1.82) is 0 Å². The molecular formula is C20H17N3O3. The third-order valence-corrected chi connectivity index (χ3v) is 5.31. The number of hydrogen-bond acceptors (Lipinski definition) is 4. The van der Waals surface area contributed by atoms with E-state index in [1.807, 2.05) is 36.4 Å². The molecule has 1 saturated carbocycles. The summed E-state index contributed by atoms with van der Waals surface area (Å²) in [5, 5.41) is 15.2. The van der Waals surface area contributed by atoms with Gasteiger partial charge < -0.3 is 10.1 Å². The first-order valence-electron chi connectivity index (χ1n) is 8.63. The highest BCUT2D eigenvalue weighted by molar-refractivity contribution is 5.96. The quantitative estimate of drug-likeness (QED) is 0.528. The number of hydrogen-bond donors (Lipinski definition) is 3. The van der Waals surface area contributed by atoms with Crippen LogP contribution in [0.25, 0.3) is 33.4 Å². The number of nitrogens with zero attached hydrogens (tertiary/aromatic N) is 1. The van der Waals surface area contributed by atoms with Crippen LogP contribution in [0.3, 0.4) is 0 Å². The molecule has 6 heteroatoms. The van der Waals surface area contributed by atoms with Crippen molar-refractivity contribution >= 4 is 10.9 Å². The number of fused-ring (bicyclic) bond motifs is 1. The number of benzene rings is 2. The van der Waals surface area contributed by atoms with E-state index in [-0.39, 0.29) is 0 Å². The first-order chi connectivity index (χ1) is 12.6. The summed E-state index contributed by atoms with van der Waals surface area (Å²) in [5.74, 6) is -0.170. The number of nitrogens with one attached hydrogen (secondary N) is 2. The van der Waals surface area contributed by atoms with Crippen LogP contribution in [0.1, 0.15) is 24.8 Å². The Balaban J connectivity index is 1.56. The average molecular weight is 347 g/mol. The topological polar surface area (TPSA) is 94.9 Å². The fourth-order valence-electron chi connectivity index (χ4n) is 3.62. The molecule has 0 atom stereocenters. The van der Waals surface area contributed by atoms with Gasteiger partial charge in [-0.1, -0.05) is 35.5 Å². The van der Waals surface area contributed by atoms with E-state index in [2.05, 4.69) is 25.7 Å². The van der Waals surface area contributed by atoms with Crippen LogP contribution in [0.15, 0.2) is 58.0 Å². The van der Waals surface area contributed by atoms with Gasteiger partial charge in [0.2, 0.25) is 0 Å².